The normalized spacial score (nSPS) is 24.9. The van der Waals surface area contributed by atoms with E-state index >= 15 is 0 Å². The van der Waals surface area contributed by atoms with Gasteiger partial charge in [0, 0.05) is 18.5 Å². The van der Waals surface area contributed by atoms with Gasteiger partial charge in [0.05, 0.1) is 13.5 Å². The monoisotopic (exact) mass is 260 g/mol. The van der Waals surface area contributed by atoms with Gasteiger partial charge < -0.3 is 4.42 Å². The van der Waals surface area contributed by atoms with E-state index in [1.54, 1.807) is 0 Å². The SMILES string of the molecule is [B]C1(C)CCCc2c(oc(=NC(C)C)n2C(C)C)C1. The van der Waals surface area contributed by atoms with E-state index in [0.717, 1.165) is 37.1 Å². The molecule has 1 atom stereocenters. The summed E-state index contributed by atoms with van der Waals surface area (Å²) in [6, 6.07) is 0.608. The maximum atomic E-state index is 6.33. The molecule has 1 heterocycles. The molecule has 104 valence electrons. The first-order valence-electron chi connectivity index (χ1n) is 7.36. The van der Waals surface area contributed by atoms with Crippen molar-refractivity contribution in [3.63, 3.8) is 0 Å². The van der Waals surface area contributed by atoms with Crippen LogP contribution in [0.15, 0.2) is 9.41 Å². The van der Waals surface area contributed by atoms with Crippen molar-refractivity contribution >= 4 is 7.85 Å². The number of hydrogen-bond acceptors (Lipinski definition) is 2. The highest BCUT2D eigenvalue weighted by atomic mass is 16.4. The summed E-state index contributed by atoms with van der Waals surface area (Å²) in [4.78, 5) is 4.62. The van der Waals surface area contributed by atoms with Gasteiger partial charge in [-0.1, -0.05) is 18.7 Å². The molecule has 1 aliphatic rings. The third kappa shape index (κ3) is 3.15. The largest absolute Gasteiger partial charge is 0.428 e. The van der Waals surface area contributed by atoms with Crippen molar-refractivity contribution < 1.29 is 4.42 Å². The molecular weight excluding hydrogens is 235 g/mol. The van der Waals surface area contributed by atoms with E-state index in [-0.39, 0.29) is 11.4 Å². The highest BCUT2D eigenvalue weighted by Crippen LogP contribution is 2.37. The van der Waals surface area contributed by atoms with Crippen molar-refractivity contribution in [3.8, 4) is 0 Å². The maximum absolute atomic E-state index is 6.33. The fourth-order valence-corrected chi connectivity index (χ4v) is 2.82. The van der Waals surface area contributed by atoms with E-state index in [0.29, 0.717) is 6.04 Å². The van der Waals surface area contributed by atoms with Crippen LogP contribution >= 0.6 is 0 Å². The zero-order valence-electron chi connectivity index (χ0n) is 12.9. The molecule has 0 saturated heterocycles. The van der Waals surface area contributed by atoms with Gasteiger partial charge in [0.2, 0.25) is 0 Å². The summed E-state index contributed by atoms with van der Waals surface area (Å²) in [6.45, 7) is 10.6. The Hall–Kier alpha value is -0.925. The summed E-state index contributed by atoms with van der Waals surface area (Å²) in [5, 5.41) is -0.160. The van der Waals surface area contributed by atoms with Crippen LogP contribution in [0.25, 0.3) is 0 Å². The Kier molecular flexibility index (Phi) is 3.98. The summed E-state index contributed by atoms with van der Waals surface area (Å²) in [7, 11) is 6.33. The molecule has 0 bridgehead atoms. The van der Waals surface area contributed by atoms with Crippen LogP contribution in [0.2, 0.25) is 5.31 Å². The predicted molar refractivity (Wildman–Crippen MR) is 78.5 cm³/mol. The van der Waals surface area contributed by atoms with Gasteiger partial charge in [0.15, 0.2) is 0 Å². The highest BCUT2D eigenvalue weighted by Gasteiger charge is 2.28. The molecule has 4 heteroatoms. The molecule has 0 spiro atoms. The fourth-order valence-electron chi connectivity index (χ4n) is 2.82. The van der Waals surface area contributed by atoms with Crippen LogP contribution in [-0.2, 0) is 12.8 Å². The van der Waals surface area contributed by atoms with E-state index < -0.39 is 0 Å². The van der Waals surface area contributed by atoms with Crippen molar-refractivity contribution in [2.24, 2.45) is 4.99 Å². The van der Waals surface area contributed by atoms with Gasteiger partial charge in [0.1, 0.15) is 5.76 Å². The molecule has 3 nitrogen and oxygen atoms in total. The Bertz CT molecular complexity index is 509. The standard InChI is InChI=1S/C15H25BN2O/c1-10(2)17-14-18(11(3)4)12-7-6-8-15(5,16)9-13(12)19-14/h10-11H,6-9H2,1-5H3. The average Bonchev–Trinajstić information content (AvgIpc) is 2.46. The van der Waals surface area contributed by atoms with Crippen LogP contribution in [0.5, 0.6) is 0 Å². The first-order chi connectivity index (χ1) is 8.80. The molecule has 1 aromatic rings. The quantitative estimate of drug-likeness (QED) is 0.593. The Morgan fingerprint density at radius 3 is 2.58 bits per heavy atom. The van der Waals surface area contributed by atoms with Crippen LogP contribution in [0.1, 0.15) is 65.0 Å². The molecule has 0 amide bonds. The topological polar surface area (TPSA) is 30.4 Å². The molecule has 0 N–H and O–H groups in total. The van der Waals surface area contributed by atoms with Gasteiger partial charge in [-0.15, -0.1) is 0 Å². The number of aromatic nitrogens is 1. The molecule has 2 rings (SSSR count). The number of rotatable bonds is 2. The minimum Gasteiger partial charge on any atom is -0.428 e. The second-order valence-corrected chi connectivity index (χ2v) is 6.63. The predicted octanol–water partition coefficient (Wildman–Crippen LogP) is 3.20. The Morgan fingerprint density at radius 1 is 1.32 bits per heavy atom. The first kappa shape index (κ1) is 14.5. The van der Waals surface area contributed by atoms with Crippen LogP contribution in [0, 0.1) is 0 Å². The molecule has 2 radical (unpaired) electrons. The summed E-state index contributed by atoms with van der Waals surface area (Å²) < 4.78 is 8.29. The van der Waals surface area contributed by atoms with Crippen molar-refractivity contribution in [2.45, 2.75) is 77.7 Å². The zero-order valence-corrected chi connectivity index (χ0v) is 12.9. The van der Waals surface area contributed by atoms with Gasteiger partial charge in [-0.25, -0.2) is 4.99 Å². The van der Waals surface area contributed by atoms with E-state index in [1.807, 2.05) is 0 Å². The van der Waals surface area contributed by atoms with Gasteiger partial charge in [-0.05, 0) is 40.5 Å². The summed E-state index contributed by atoms with van der Waals surface area (Å²) >= 11 is 0. The smallest absolute Gasteiger partial charge is 0.297 e. The van der Waals surface area contributed by atoms with Crippen molar-refractivity contribution in [1.82, 2.24) is 4.57 Å². The summed E-state index contributed by atoms with van der Waals surface area (Å²) in [5.41, 5.74) is 2.05. The Labute approximate surface area is 117 Å². The van der Waals surface area contributed by atoms with Gasteiger partial charge in [0.25, 0.3) is 5.68 Å². The third-order valence-electron chi connectivity index (χ3n) is 3.64. The summed E-state index contributed by atoms with van der Waals surface area (Å²) in [6.07, 6.45) is 4.01. The molecule has 1 aromatic heterocycles. The number of fused-ring (bicyclic) bond motifs is 1. The Morgan fingerprint density at radius 2 is 2.00 bits per heavy atom. The van der Waals surface area contributed by atoms with Crippen LogP contribution < -0.4 is 5.68 Å². The van der Waals surface area contributed by atoms with Gasteiger partial charge in [-0.2, -0.15) is 0 Å². The van der Waals surface area contributed by atoms with E-state index in [1.165, 1.54) is 5.69 Å². The minimum atomic E-state index is -0.160. The van der Waals surface area contributed by atoms with Crippen molar-refractivity contribution in [1.29, 1.82) is 0 Å². The molecule has 19 heavy (non-hydrogen) atoms. The lowest BCUT2D eigenvalue weighted by Crippen LogP contribution is -2.22. The van der Waals surface area contributed by atoms with Gasteiger partial charge >= 0.3 is 0 Å². The Balaban J connectivity index is 2.56. The maximum Gasteiger partial charge on any atom is 0.297 e. The zero-order chi connectivity index (χ0) is 14.2. The third-order valence-corrected chi connectivity index (χ3v) is 3.64. The lowest BCUT2D eigenvalue weighted by molar-refractivity contribution is 0.387. The molecule has 1 unspecified atom stereocenters. The lowest BCUT2D eigenvalue weighted by Gasteiger charge is -2.21. The average molecular weight is 260 g/mol. The molecule has 1 aliphatic carbocycles. The lowest BCUT2D eigenvalue weighted by atomic mass is 9.65. The summed E-state index contributed by atoms with van der Waals surface area (Å²) in [5.74, 6) is 1.04. The second kappa shape index (κ2) is 5.22. The first-order valence-corrected chi connectivity index (χ1v) is 7.36. The van der Waals surface area contributed by atoms with Gasteiger partial charge in [-0.3, -0.25) is 4.57 Å². The molecular formula is C15H25BN2O. The highest BCUT2D eigenvalue weighted by molar-refractivity contribution is 6.15. The number of nitrogens with zero attached hydrogens (tertiary/aromatic N) is 2. The number of oxazole rings is 1. The van der Waals surface area contributed by atoms with Crippen molar-refractivity contribution in [3.05, 3.63) is 17.1 Å². The van der Waals surface area contributed by atoms with Crippen LogP contribution in [0.3, 0.4) is 0 Å². The van der Waals surface area contributed by atoms with E-state index in [9.17, 15) is 0 Å². The molecule has 0 aliphatic heterocycles. The van der Waals surface area contributed by atoms with Crippen LogP contribution in [0.4, 0.5) is 0 Å². The van der Waals surface area contributed by atoms with Crippen LogP contribution in [-0.4, -0.2) is 18.5 Å². The fraction of sp³-hybridized carbons (Fsp3) is 0.800. The van der Waals surface area contributed by atoms with E-state index in [4.69, 9.17) is 12.3 Å². The minimum absolute atomic E-state index is 0.160. The van der Waals surface area contributed by atoms with E-state index in [2.05, 4.69) is 44.2 Å². The second-order valence-electron chi connectivity index (χ2n) is 6.63. The molecule has 0 aromatic carbocycles. The number of hydrogen-bond donors (Lipinski definition) is 0. The van der Waals surface area contributed by atoms with Crippen molar-refractivity contribution in [2.75, 3.05) is 0 Å². The molecule has 0 saturated carbocycles. The molecule has 0 fully saturated rings.